The second-order valence-electron chi connectivity index (χ2n) is 6.40. The van der Waals surface area contributed by atoms with Gasteiger partial charge in [0, 0.05) is 38.1 Å². The Morgan fingerprint density at radius 3 is 2.87 bits per heavy atom. The molecule has 1 aromatic carbocycles. The van der Waals surface area contributed by atoms with Gasteiger partial charge in [-0.2, -0.15) is 5.10 Å². The molecule has 5 heterocycles. The van der Waals surface area contributed by atoms with Crippen molar-refractivity contribution < 1.29 is 9.53 Å². The molecule has 0 saturated carbocycles. The number of rotatable bonds is 2. The van der Waals surface area contributed by atoms with Crippen LogP contribution in [-0.2, 0) is 6.54 Å². The van der Waals surface area contributed by atoms with Crippen LogP contribution in [0.5, 0.6) is 5.75 Å². The third kappa shape index (κ3) is 2.04. The first-order valence-corrected chi connectivity index (χ1v) is 8.19. The Bertz CT molecular complexity index is 778. The number of hydrogen-bond donors (Lipinski definition) is 1. The number of hydrogen-bond acceptors (Lipinski definition) is 5. The lowest BCUT2D eigenvalue weighted by molar-refractivity contribution is -0.000110. The number of carbonyl (C=O) groups excluding carboxylic acids is 1. The van der Waals surface area contributed by atoms with Crippen molar-refractivity contribution in [2.75, 3.05) is 39.3 Å². The van der Waals surface area contributed by atoms with Crippen LogP contribution in [0, 0.1) is 0 Å². The molecule has 1 N–H and O–H groups in total. The molecule has 120 valence electrons. The Balaban J connectivity index is 1.47. The predicted molar refractivity (Wildman–Crippen MR) is 84.5 cm³/mol. The number of ether oxygens (including phenoxy) is 1. The van der Waals surface area contributed by atoms with Crippen molar-refractivity contribution in [1.82, 2.24) is 24.9 Å². The molecule has 7 heteroatoms. The van der Waals surface area contributed by atoms with Gasteiger partial charge in [0.2, 0.25) is 0 Å². The largest absolute Gasteiger partial charge is 0.489 e. The van der Waals surface area contributed by atoms with Gasteiger partial charge in [-0.1, -0.05) is 12.1 Å². The number of amides is 1. The molecule has 1 aromatic heterocycles. The highest BCUT2D eigenvalue weighted by atomic mass is 16.5. The average molecular weight is 313 g/mol. The third-order valence-corrected chi connectivity index (χ3v) is 5.09. The number of para-hydroxylation sites is 1. The van der Waals surface area contributed by atoms with Crippen molar-refractivity contribution in [3.8, 4) is 5.75 Å². The summed E-state index contributed by atoms with van der Waals surface area (Å²) in [6.07, 6.45) is 0.0924. The summed E-state index contributed by atoms with van der Waals surface area (Å²) in [7, 11) is 0. The van der Waals surface area contributed by atoms with Crippen LogP contribution in [0.1, 0.15) is 10.5 Å². The molecule has 3 fully saturated rings. The minimum absolute atomic E-state index is 0.0912. The van der Waals surface area contributed by atoms with Crippen molar-refractivity contribution in [1.29, 1.82) is 0 Å². The molecule has 7 nitrogen and oxygen atoms in total. The number of fused-ring (bicyclic) bond motifs is 3. The molecule has 0 radical (unpaired) electrons. The van der Waals surface area contributed by atoms with Crippen molar-refractivity contribution in [3.05, 3.63) is 23.9 Å². The number of nitrogens with one attached hydrogen (secondary N) is 1. The van der Waals surface area contributed by atoms with E-state index in [9.17, 15) is 4.79 Å². The fourth-order valence-electron chi connectivity index (χ4n) is 3.87. The number of carbonyl (C=O) groups is 1. The van der Waals surface area contributed by atoms with Crippen molar-refractivity contribution in [2.45, 2.75) is 12.7 Å². The van der Waals surface area contributed by atoms with E-state index in [-0.39, 0.29) is 12.1 Å². The number of aromatic nitrogens is 2. The molecular weight excluding hydrogens is 294 g/mol. The van der Waals surface area contributed by atoms with E-state index in [1.165, 1.54) is 0 Å². The van der Waals surface area contributed by atoms with Crippen LogP contribution < -0.4 is 10.1 Å². The van der Waals surface area contributed by atoms with Gasteiger partial charge in [0.25, 0.3) is 5.91 Å². The first-order valence-electron chi connectivity index (χ1n) is 8.19. The lowest BCUT2D eigenvalue weighted by Crippen LogP contribution is -2.66. The van der Waals surface area contributed by atoms with Gasteiger partial charge in [-0.05, 0) is 6.07 Å². The Kier molecular flexibility index (Phi) is 2.86. The van der Waals surface area contributed by atoms with E-state index in [1.54, 1.807) is 0 Å². The highest BCUT2D eigenvalue weighted by Gasteiger charge is 2.33. The Labute approximate surface area is 133 Å². The average Bonchev–Trinajstić information content (AvgIpc) is 2.97. The van der Waals surface area contributed by atoms with Crippen LogP contribution in [0.25, 0.3) is 10.9 Å². The molecule has 1 unspecified atom stereocenters. The van der Waals surface area contributed by atoms with Crippen LogP contribution in [0.3, 0.4) is 0 Å². The zero-order valence-electron chi connectivity index (χ0n) is 12.9. The van der Waals surface area contributed by atoms with Crippen LogP contribution in [-0.4, -0.2) is 71.0 Å². The molecular formula is C16H19N5O2. The molecule has 1 amide bonds. The van der Waals surface area contributed by atoms with Gasteiger partial charge in [-0.15, -0.1) is 0 Å². The summed E-state index contributed by atoms with van der Waals surface area (Å²) >= 11 is 0. The quantitative estimate of drug-likeness (QED) is 0.853. The fourth-order valence-corrected chi connectivity index (χ4v) is 3.87. The van der Waals surface area contributed by atoms with E-state index in [2.05, 4.69) is 20.2 Å². The molecule has 4 aliphatic rings. The summed E-state index contributed by atoms with van der Waals surface area (Å²) in [5.74, 6) is 0.721. The van der Waals surface area contributed by atoms with E-state index in [0.717, 1.165) is 49.4 Å². The number of piperazine rings is 3. The zero-order valence-corrected chi connectivity index (χ0v) is 12.9. The second-order valence-corrected chi connectivity index (χ2v) is 6.40. The molecule has 6 rings (SSSR count). The lowest BCUT2D eigenvalue weighted by Gasteiger charge is -2.47. The van der Waals surface area contributed by atoms with Gasteiger partial charge in [-0.3, -0.25) is 19.3 Å². The first kappa shape index (κ1) is 13.3. The standard InChI is InChI=1S/C16H19N5O2/c22-16(17-13-10-19-4-6-20(13)7-5-19)14-11-2-1-3-12-15(11)21(18-14)8-9-23-12/h1-3,13H,4-10H2,(H,17,22). The minimum Gasteiger partial charge on any atom is -0.489 e. The molecule has 0 spiro atoms. The van der Waals surface area contributed by atoms with Gasteiger partial charge >= 0.3 is 0 Å². The van der Waals surface area contributed by atoms with E-state index in [1.807, 2.05) is 22.9 Å². The minimum atomic E-state index is -0.0912. The van der Waals surface area contributed by atoms with Gasteiger partial charge in [-0.25, -0.2) is 0 Å². The molecule has 3 saturated heterocycles. The lowest BCUT2D eigenvalue weighted by atomic mass is 10.1. The van der Waals surface area contributed by atoms with Gasteiger partial charge < -0.3 is 10.1 Å². The monoisotopic (exact) mass is 313 g/mol. The van der Waals surface area contributed by atoms with Crippen LogP contribution >= 0.6 is 0 Å². The number of nitrogens with zero attached hydrogens (tertiary/aromatic N) is 4. The van der Waals surface area contributed by atoms with E-state index in [4.69, 9.17) is 4.74 Å². The summed E-state index contributed by atoms with van der Waals surface area (Å²) in [5.41, 5.74) is 1.43. The van der Waals surface area contributed by atoms with Crippen LogP contribution in [0.15, 0.2) is 18.2 Å². The maximum absolute atomic E-state index is 12.8. The normalized spacial score (nSPS) is 28.6. The Hall–Kier alpha value is -2.12. The summed E-state index contributed by atoms with van der Waals surface area (Å²) < 4.78 is 7.56. The van der Waals surface area contributed by atoms with E-state index >= 15 is 0 Å². The molecule has 0 aliphatic carbocycles. The topological polar surface area (TPSA) is 62.6 Å². The number of benzene rings is 1. The van der Waals surface area contributed by atoms with Crippen LogP contribution in [0.4, 0.5) is 0 Å². The Morgan fingerprint density at radius 1 is 1.22 bits per heavy atom. The predicted octanol–water partition coefficient (Wildman–Crippen LogP) is 0.116. The fraction of sp³-hybridized carbons (Fsp3) is 0.500. The van der Waals surface area contributed by atoms with Crippen LogP contribution in [0.2, 0.25) is 0 Å². The molecule has 2 aromatic rings. The second kappa shape index (κ2) is 4.94. The van der Waals surface area contributed by atoms with Gasteiger partial charge in [0.05, 0.1) is 12.7 Å². The van der Waals surface area contributed by atoms with E-state index in [0.29, 0.717) is 18.8 Å². The SMILES string of the molecule is O=C(NC1CN2CCN1CC2)c1nn2c3c(cccc13)OCC2. The molecule has 1 atom stereocenters. The molecule has 4 aliphatic heterocycles. The van der Waals surface area contributed by atoms with Gasteiger partial charge in [0.15, 0.2) is 5.69 Å². The Morgan fingerprint density at radius 2 is 2.09 bits per heavy atom. The molecule has 23 heavy (non-hydrogen) atoms. The summed E-state index contributed by atoms with van der Waals surface area (Å²) in [6, 6.07) is 5.80. The third-order valence-electron chi connectivity index (χ3n) is 5.09. The van der Waals surface area contributed by atoms with Crippen molar-refractivity contribution in [2.24, 2.45) is 0 Å². The van der Waals surface area contributed by atoms with E-state index < -0.39 is 0 Å². The summed E-state index contributed by atoms with van der Waals surface area (Å²) in [6.45, 7) is 6.44. The van der Waals surface area contributed by atoms with Gasteiger partial charge in [0.1, 0.15) is 17.9 Å². The summed E-state index contributed by atoms with van der Waals surface area (Å²) in [5, 5.41) is 8.58. The van der Waals surface area contributed by atoms with Crippen molar-refractivity contribution >= 4 is 16.8 Å². The molecule has 2 bridgehead atoms. The zero-order chi connectivity index (χ0) is 15.4. The highest BCUT2D eigenvalue weighted by Crippen LogP contribution is 2.30. The first-order chi connectivity index (χ1) is 11.3. The highest BCUT2D eigenvalue weighted by molar-refractivity contribution is 6.06. The van der Waals surface area contributed by atoms with Crippen molar-refractivity contribution in [3.63, 3.8) is 0 Å². The maximum Gasteiger partial charge on any atom is 0.273 e. The maximum atomic E-state index is 12.8. The summed E-state index contributed by atoms with van der Waals surface area (Å²) in [4.78, 5) is 17.5. The smallest absolute Gasteiger partial charge is 0.273 e.